The lowest BCUT2D eigenvalue weighted by molar-refractivity contribution is -0.229. The third kappa shape index (κ3) is 2.63. The molecule has 0 aliphatic heterocycles. The first-order chi connectivity index (χ1) is 8.82. The molecule has 2 aromatic rings. The van der Waals surface area contributed by atoms with Crippen LogP contribution >= 0.6 is 0 Å². The van der Waals surface area contributed by atoms with Crippen LogP contribution in [0.1, 0.15) is 5.56 Å². The summed E-state index contributed by atoms with van der Waals surface area (Å²) in [6.45, 7) is 0. The Morgan fingerprint density at radius 1 is 1.00 bits per heavy atom. The Labute approximate surface area is 109 Å². The van der Waals surface area contributed by atoms with E-state index in [0.717, 1.165) is 12.1 Å². The zero-order valence-electron chi connectivity index (χ0n) is 9.72. The zero-order chi connectivity index (χ0) is 14.1. The van der Waals surface area contributed by atoms with Crippen molar-refractivity contribution < 1.29 is 18.3 Å². The fraction of sp³-hybridized carbons (Fsp3) is 0.154. The minimum absolute atomic E-state index is 0.417. The van der Waals surface area contributed by atoms with Gasteiger partial charge in [0.15, 0.2) is 0 Å². The summed E-state index contributed by atoms with van der Waals surface area (Å²) in [7, 11) is 4.92. The van der Waals surface area contributed by atoms with Crippen molar-refractivity contribution in [1.29, 1.82) is 0 Å². The van der Waals surface area contributed by atoms with Crippen molar-refractivity contribution in [2.45, 2.75) is 11.7 Å². The Bertz CT molecular complexity index is 552. The standard InChI is InChI=1S/C13H9BF3NO/c14-12(19,13(15,16)17)10-6-4-9(5-7-10)11-3-1-2-8-18-11/h1-8,19H. The Balaban J connectivity index is 2.35. The number of rotatable bonds is 2. The van der Waals surface area contributed by atoms with Crippen LogP contribution in [-0.4, -0.2) is 24.1 Å². The molecule has 0 fully saturated rings. The highest BCUT2D eigenvalue weighted by Gasteiger charge is 2.50. The SMILES string of the molecule is [B]C(O)(c1ccc(-c2ccccn2)cc1)C(F)(F)F. The molecule has 0 saturated heterocycles. The number of halogens is 3. The lowest BCUT2D eigenvalue weighted by Gasteiger charge is -2.27. The van der Waals surface area contributed by atoms with E-state index in [-0.39, 0.29) is 0 Å². The fourth-order valence-electron chi connectivity index (χ4n) is 1.59. The number of benzene rings is 1. The number of aliphatic hydroxyl groups is 1. The average Bonchev–Trinajstić information content (AvgIpc) is 2.39. The van der Waals surface area contributed by atoms with Gasteiger partial charge in [0, 0.05) is 11.8 Å². The number of alkyl halides is 3. The summed E-state index contributed by atoms with van der Waals surface area (Å²) in [5.41, 5.74) is -2.50. The van der Waals surface area contributed by atoms with Crippen LogP contribution in [0.25, 0.3) is 11.3 Å². The highest BCUT2D eigenvalue weighted by Crippen LogP contribution is 2.36. The predicted molar refractivity (Wildman–Crippen MR) is 65.4 cm³/mol. The number of hydrogen-bond donors (Lipinski definition) is 1. The number of pyridine rings is 1. The Hall–Kier alpha value is -1.82. The Morgan fingerprint density at radius 2 is 1.63 bits per heavy atom. The van der Waals surface area contributed by atoms with Gasteiger partial charge in [-0.1, -0.05) is 30.3 Å². The molecular formula is C13H9BF3NO. The molecule has 0 spiro atoms. The average molecular weight is 263 g/mol. The molecule has 2 radical (unpaired) electrons. The van der Waals surface area contributed by atoms with Gasteiger partial charge in [-0.15, -0.1) is 0 Å². The Kier molecular flexibility index (Phi) is 3.37. The van der Waals surface area contributed by atoms with Crippen molar-refractivity contribution in [2.24, 2.45) is 0 Å². The van der Waals surface area contributed by atoms with Gasteiger partial charge >= 0.3 is 6.18 Å². The van der Waals surface area contributed by atoms with E-state index in [1.165, 1.54) is 12.1 Å². The topological polar surface area (TPSA) is 33.1 Å². The normalized spacial score (nSPS) is 14.9. The summed E-state index contributed by atoms with van der Waals surface area (Å²) in [5.74, 6) is 0. The van der Waals surface area contributed by atoms with Gasteiger partial charge in [-0.25, -0.2) is 0 Å². The minimum atomic E-state index is -4.93. The van der Waals surface area contributed by atoms with E-state index in [1.54, 1.807) is 24.4 Å². The van der Waals surface area contributed by atoms with Crippen LogP contribution in [0.4, 0.5) is 13.2 Å². The molecule has 1 unspecified atom stereocenters. The van der Waals surface area contributed by atoms with E-state index in [4.69, 9.17) is 7.85 Å². The highest BCUT2D eigenvalue weighted by molar-refractivity contribution is 6.15. The molecule has 1 aromatic carbocycles. The molecule has 1 atom stereocenters. The molecule has 2 nitrogen and oxygen atoms in total. The molecule has 6 heteroatoms. The first kappa shape index (κ1) is 13.6. The second kappa shape index (κ2) is 4.70. The third-order valence-electron chi connectivity index (χ3n) is 2.72. The van der Waals surface area contributed by atoms with E-state index >= 15 is 0 Å². The maximum Gasteiger partial charge on any atom is 0.412 e. The van der Waals surface area contributed by atoms with Crippen molar-refractivity contribution in [1.82, 2.24) is 4.98 Å². The quantitative estimate of drug-likeness (QED) is 0.845. The predicted octanol–water partition coefficient (Wildman–Crippen LogP) is 2.62. The molecule has 0 aliphatic rings. The molecular weight excluding hydrogens is 254 g/mol. The molecule has 96 valence electrons. The van der Waals surface area contributed by atoms with Crippen molar-refractivity contribution in [3.05, 3.63) is 54.2 Å². The first-order valence-corrected chi connectivity index (χ1v) is 5.42. The minimum Gasteiger partial charge on any atom is -0.386 e. The van der Waals surface area contributed by atoms with Crippen LogP contribution in [0.5, 0.6) is 0 Å². The largest absolute Gasteiger partial charge is 0.412 e. The summed E-state index contributed by atoms with van der Waals surface area (Å²) >= 11 is 0. The van der Waals surface area contributed by atoms with Crippen LogP contribution in [0.15, 0.2) is 48.7 Å². The molecule has 0 bridgehead atoms. The van der Waals surface area contributed by atoms with Crippen LogP contribution in [0, 0.1) is 0 Å². The van der Waals surface area contributed by atoms with Gasteiger partial charge < -0.3 is 5.11 Å². The lowest BCUT2D eigenvalue weighted by Crippen LogP contribution is -2.42. The maximum absolute atomic E-state index is 12.6. The van der Waals surface area contributed by atoms with Crippen LogP contribution in [0.2, 0.25) is 0 Å². The van der Waals surface area contributed by atoms with E-state index in [2.05, 4.69) is 4.98 Å². The Morgan fingerprint density at radius 3 is 2.11 bits per heavy atom. The number of nitrogens with zero attached hydrogens (tertiary/aromatic N) is 1. The molecule has 0 aliphatic carbocycles. The van der Waals surface area contributed by atoms with E-state index < -0.39 is 17.2 Å². The molecule has 19 heavy (non-hydrogen) atoms. The third-order valence-corrected chi connectivity index (χ3v) is 2.72. The van der Waals surface area contributed by atoms with Gasteiger partial charge in [0.1, 0.15) is 13.3 Å². The smallest absolute Gasteiger partial charge is 0.386 e. The molecule has 1 aromatic heterocycles. The van der Waals surface area contributed by atoms with Gasteiger partial charge in [-0.05, 0) is 17.7 Å². The summed E-state index contributed by atoms with van der Waals surface area (Å²) in [5, 5.41) is 9.32. The summed E-state index contributed by atoms with van der Waals surface area (Å²) in [4.78, 5) is 4.07. The van der Waals surface area contributed by atoms with Crippen molar-refractivity contribution in [3.63, 3.8) is 0 Å². The second-order valence-electron chi connectivity index (χ2n) is 4.06. The van der Waals surface area contributed by atoms with Crippen molar-refractivity contribution >= 4 is 7.85 Å². The molecule has 0 saturated carbocycles. The maximum atomic E-state index is 12.6. The van der Waals surface area contributed by atoms with Crippen molar-refractivity contribution in [3.8, 4) is 11.3 Å². The summed E-state index contributed by atoms with van der Waals surface area (Å²) in [6, 6.07) is 10.4. The molecule has 1 heterocycles. The van der Waals surface area contributed by atoms with Crippen LogP contribution in [-0.2, 0) is 5.50 Å². The number of hydrogen-bond acceptors (Lipinski definition) is 2. The molecule has 1 N–H and O–H groups in total. The number of aromatic nitrogens is 1. The summed E-state index contributed by atoms with van der Waals surface area (Å²) < 4.78 is 37.7. The molecule has 2 rings (SSSR count). The highest BCUT2D eigenvalue weighted by atomic mass is 19.4. The van der Waals surface area contributed by atoms with Crippen LogP contribution < -0.4 is 0 Å². The van der Waals surface area contributed by atoms with E-state index in [9.17, 15) is 18.3 Å². The fourth-order valence-corrected chi connectivity index (χ4v) is 1.59. The van der Waals surface area contributed by atoms with E-state index in [1.807, 2.05) is 0 Å². The second-order valence-corrected chi connectivity index (χ2v) is 4.06. The van der Waals surface area contributed by atoms with Crippen LogP contribution in [0.3, 0.4) is 0 Å². The van der Waals surface area contributed by atoms with Gasteiger partial charge in [0.25, 0.3) is 0 Å². The van der Waals surface area contributed by atoms with Gasteiger partial charge in [-0.3, -0.25) is 4.98 Å². The zero-order valence-corrected chi connectivity index (χ0v) is 9.72. The summed E-state index contributed by atoms with van der Waals surface area (Å²) in [6.07, 6.45) is -3.35. The monoisotopic (exact) mass is 263 g/mol. The first-order valence-electron chi connectivity index (χ1n) is 5.42. The lowest BCUT2D eigenvalue weighted by atomic mass is 9.75. The van der Waals surface area contributed by atoms with Gasteiger partial charge in [0.2, 0.25) is 0 Å². The van der Waals surface area contributed by atoms with Gasteiger partial charge in [-0.2, -0.15) is 13.2 Å². The molecule has 0 amide bonds. The van der Waals surface area contributed by atoms with Crippen molar-refractivity contribution in [2.75, 3.05) is 0 Å². The van der Waals surface area contributed by atoms with Gasteiger partial charge in [0.05, 0.1) is 5.69 Å². The van der Waals surface area contributed by atoms with E-state index in [0.29, 0.717) is 11.3 Å².